The number of hydrogen-bond donors (Lipinski definition) is 2. The van der Waals surface area contributed by atoms with Gasteiger partial charge in [0.2, 0.25) is 17.6 Å². The molecule has 1 aromatic heterocycles. The maximum atomic E-state index is 14.6. The van der Waals surface area contributed by atoms with Crippen LogP contribution in [0.15, 0.2) is 18.6 Å². The van der Waals surface area contributed by atoms with Crippen LogP contribution in [0.3, 0.4) is 0 Å². The quantitative estimate of drug-likeness (QED) is 0.195. The second kappa shape index (κ2) is 15.0. The Kier molecular flexibility index (Phi) is 11.8. The van der Waals surface area contributed by atoms with Crippen molar-refractivity contribution in [2.45, 2.75) is 124 Å². The maximum absolute atomic E-state index is 14.6. The summed E-state index contributed by atoms with van der Waals surface area (Å²) in [6.07, 6.45) is 8.15. The third-order valence-electron chi connectivity index (χ3n) is 10.7. The van der Waals surface area contributed by atoms with Gasteiger partial charge in [-0.1, -0.05) is 48.0 Å². The molecule has 0 radical (unpaired) electrons. The first kappa shape index (κ1) is 37.5. The highest BCUT2D eigenvalue weighted by Gasteiger charge is 2.58. The van der Waals surface area contributed by atoms with Crippen LogP contribution < -0.4 is 5.32 Å². The molecule has 3 fully saturated rings. The summed E-state index contributed by atoms with van der Waals surface area (Å²) in [5.74, 6) is -4.55. The van der Waals surface area contributed by atoms with E-state index in [1.165, 1.54) is 23.5 Å². The molecule has 7 atom stereocenters. The van der Waals surface area contributed by atoms with Crippen LogP contribution in [0, 0.1) is 40.9 Å². The number of hydrogen-bond acceptors (Lipinski definition) is 9. The molecule has 11 heteroatoms. The summed E-state index contributed by atoms with van der Waals surface area (Å²) in [7, 11) is 0. The van der Waals surface area contributed by atoms with Crippen LogP contribution >= 0.6 is 0 Å². The maximum Gasteiger partial charge on any atom is 0.246 e. The number of nitrogens with one attached hydrogen (secondary N) is 1. The Morgan fingerprint density at radius 1 is 1.06 bits per heavy atom. The molecule has 48 heavy (non-hydrogen) atoms. The van der Waals surface area contributed by atoms with Crippen LogP contribution in [0.2, 0.25) is 0 Å². The van der Waals surface area contributed by atoms with Gasteiger partial charge in [0.25, 0.3) is 0 Å². The van der Waals surface area contributed by atoms with Gasteiger partial charge >= 0.3 is 0 Å². The minimum Gasteiger partial charge on any atom is -0.390 e. The van der Waals surface area contributed by atoms with Crippen LogP contribution in [0.4, 0.5) is 0 Å². The molecule has 0 aromatic carbocycles. The zero-order chi connectivity index (χ0) is 35.6. The van der Waals surface area contributed by atoms with E-state index in [2.05, 4.69) is 15.3 Å². The Hall–Kier alpha value is -3.34. The van der Waals surface area contributed by atoms with E-state index in [1.54, 1.807) is 6.92 Å². The van der Waals surface area contributed by atoms with Crippen molar-refractivity contribution in [3.63, 3.8) is 0 Å². The average molecular weight is 667 g/mol. The fourth-order valence-electron chi connectivity index (χ4n) is 7.61. The molecule has 2 heterocycles. The molecule has 2 amide bonds. The van der Waals surface area contributed by atoms with Gasteiger partial charge in [0, 0.05) is 56.0 Å². The van der Waals surface area contributed by atoms with E-state index >= 15 is 0 Å². The van der Waals surface area contributed by atoms with Crippen LogP contribution in [0.25, 0.3) is 0 Å². The van der Waals surface area contributed by atoms with Gasteiger partial charge in [-0.3, -0.25) is 33.8 Å². The first-order valence-electron chi connectivity index (χ1n) is 17.7. The largest absolute Gasteiger partial charge is 0.390 e. The number of amides is 2. The van der Waals surface area contributed by atoms with Gasteiger partial charge in [-0.25, -0.2) is 4.98 Å². The summed E-state index contributed by atoms with van der Waals surface area (Å²) in [5.41, 5.74) is -1.70. The molecule has 4 rings (SSSR count). The lowest BCUT2D eigenvalue weighted by atomic mass is 9.82. The van der Waals surface area contributed by atoms with Crippen molar-refractivity contribution in [2.75, 3.05) is 6.54 Å². The van der Waals surface area contributed by atoms with Gasteiger partial charge in [-0.2, -0.15) is 0 Å². The van der Waals surface area contributed by atoms with Crippen LogP contribution in [-0.2, 0) is 24.0 Å². The summed E-state index contributed by atoms with van der Waals surface area (Å²) in [5, 5.41) is 14.2. The molecule has 3 aliphatic rings. The van der Waals surface area contributed by atoms with E-state index in [-0.39, 0.29) is 66.7 Å². The Bertz CT molecular complexity index is 1380. The van der Waals surface area contributed by atoms with Crippen molar-refractivity contribution in [1.82, 2.24) is 20.2 Å². The SMILES string of the molecule is CCCC(CC(=O)[C@@H]1[C@H]2CC[C@@](C)(O)C2CN1C(=O)[C@@H](NC(=O)[C@H](CC(=O)c1cnccn1)C(C)C)C(C)(C)C)C(=O)C(=O)CC1CC1. The molecule has 2 saturated carbocycles. The van der Waals surface area contributed by atoms with Crippen LogP contribution in [0.1, 0.15) is 117 Å². The van der Waals surface area contributed by atoms with E-state index in [4.69, 9.17) is 0 Å². The molecule has 1 aromatic rings. The second-order valence-corrected chi connectivity index (χ2v) is 16.1. The second-order valence-electron chi connectivity index (χ2n) is 16.1. The highest BCUT2D eigenvalue weighted by Crippen LogP contribution is 2.49. The van der Waals surface area contributed by atoms with E-state index in [0.717, 1.165) is 12.8 Å². The number of ketones is 4. The average Bonchev–Trinajstić information content (AvgIpc) is 3.67. The number of nitrogens with zero attached hydrogens (tertiary/aromatic N) is 3. The summed E-state index contributed by atoms with van der Waals surface area (Å²) in [6, 6.07) is -1.92. The van der Waals surface area contributed by atoms with E-state index in [9.17, 15) is 33.9 Å². The van der Waals surface area contributed by atoms with Crippen molar-refractivity contribution >= 4 is 34.9 Å². The smallest absolute Gasteiger partial charge is 0.246 e. The fraction of sp³-hybridized carbons (Fsp3) is 0.730. The summed E-state index contributed by atoms with van der Waals surface area (Å²) in [4.78, 5) is 91.2. The Balaban J connectivity index is 1.58. The lowest BCUT2D eigenvalue weighted by Gasteiger charge is -2.37. The van der Waals surface area contributed by atoms with Crippen LogP contribution in [-0.4, -0.2) is 79.2 Å². The molecule has 0 bridgehead atoms. The van der Waals surface area contributed by atoms with Crippen molar-refractivity contribution in [3.8, 4) is 0 Å². The number of rotatable bonds is 16. The Morgan fingerprint density at radius 3 is 2.31 bits per heavy atom. The number of carbonyl (C=O) groups excluding carboxylic acids is 6. The van der Waals surface area contributed by atoms with Gasteiger partial charge in [0.05, 0.1) is 17.8 Å². The highest BCUT2D eigenvalue weighted by atomic mass is 16.3. The number of Topliss-reactive ketones (excluding diaryl/α,β-unsaturated/α-hetero) is 4. The van der Waals surface area contributed by atoms with Crippen molar-refractivity contribution in [3.05, 3.63) is 24.3 Å². The van der Waals surface area contributed by atoms with Crippen LogP contribution in [0.5, 0.6) is 0 Å². The van der Waals surface area contributed by atoms with Crippen molar-refractivity contribution < 1.29 is 33.9 Å². The molecular weight excluding hydrogens is 612 g/mol. The van der Waals surface area contributed by atoms with E-state index < -0.39 is 58.3 Å². The molecule has 2 N–H and O–H groups in total. The summed E-state index contributed by atoms with van der Waals surface area (Å²) < 4.78 is 0. The molecular formula is C37H54N4O7. The van der Waals surface area contributed by atoms with E-state index in [0.29, 0.717) is 25.7 Å². The number of fused-ring (bicyclic) bond motifs is 1. The molecule has 1 saturated heterocycles. The zero-order valence-corrected chi connectivity index (χ0v) is 29.7. The molecule has 11 nitrogen and oxygen atoms in total. The van der Waals surface area contributed by atoms with Gasteiger partial charge in [0.1, 0.15) is 11.7 Å². The normalized spacial score (nSPS) is 25.7. The minimum atomic E-state index is -1.08. The number of aromatic nitrogens is 2. The predicted molar refractivity (Wildman–Crippen MR) is 178 cm³/mol. The lowest BCUT2D eigenvalue weighted by molar-refractivity contribution is -0.146. The van der Waals surface area contributed by atoms with Gasteiger partial charge in [-0.15, -0.1) is 0 Å². The van der Waals surface area contributed by atoms with E-state index in [1.807, 2.05) is 41.5 Å². The third kappa shape index (κ3) is 8.62. The summed E-state index contributed by atoms with van der Waals surface area (Å²) >= 11 is 0. The third-order valence-corrected chi connectivity index (χ3v) is 10.7. The lowest BCUT2D eigenvalue weighted by Crippen LogP contribution is -2.58. The van der Waals surface area contributed by atoms with Gasteiger partial charge in [0.15, 0.2) is 17.3 Å². The first-order valence-corrected chi connectivity index (χ1v) is 17.7. The molecule has 0 spiro atoms. The predicted octanol–water partition coefficient (Wildman–Crippen LogP) is 4.15. The topological polar surface area (TPSA) is 164 Å². The van der Waals surface area contributed by atoms with Gasteiger partial charge < -0.3 is 15.3 Å². The zero-order valence-electron chi connectivity index (χ0n) is 29.7. The molecule has 264 valence electrons. The Morgan fingerprint density at radius 2 is 1.75 bits per heavy atom. The number of carbonyl (C=O) groups is 6. The van der Waals surface area contributed by atoms with Gasteiger partial charge in [-0.05, 0) is 62.2 Å². The fourth-order valence-corrected chi connectivity index (χ4v) is 7.61. The molecule has 2 aliphatic carbocycles. The summed E-state index contributed by atoms with van der Waals surface area (Å²) in [6.45, 7) is 12.9. The highest BCUT2D eigenvalue weighted by molar-refractivity contribution is 6.38. The van der Waals surface area contributed by atoms with Crippen molar-refractivity contribution in [1.29, 1.82) is 0 Å². The number of aliphatic hydroxyl groups is 1. The molecule has 1 aliphatic heterocycles. The number of likely N-dealkylation sites (tertiary alicyclic amines) is 1. The monoisotopic (exact) mass is 666 g/mol. The minimum absolute atomic E-state index is 0.114. The Labute approximate surface area is 284 Å². The van der Waals surface area contributed by atoms with Crippen molar-refractivity contribution in [2.24, 2.45) is 40.9 Å². The molecule has 2 unspecified atom stereocenters. The first-order chi connectivity index (χ1) is 22.5. The standard InChI is InChI=1S/C37H54N4O7/c1-8-9-23(32(45)30(44)16-22-10-11-22)17-29(43)31-24-12-13-37(7,48)26(24)20-41(31)35(47)33(36(4,5)6)40-34(46)25(21(2)3)18-28(42)27-19-38-14-15-39-27/h14-15,19,21-26,31,33,48H,8-13,16-18,20H2,1-7H3,(H,40,46)/t23?,24-,25+,26?,31-,33+,37+/m0/s1.